The summed E-state index contributed by atoms with van der Waals surface area (Å²) in [4.78, 5) is 4.37. The molecule has 18 heavy (non-hydrogen) atoms. The van der Waals surface area contributed by atoms with Crippen molar-refractivity contribution in [3.63, 3.8) is 0 Å². The largest absolute Gasteiger partial charge is 0.492 e. The van der Waals surface area contributed by atoms with Crippen LogP contribution in [0.3, 0.4) is 0 Å². The van der Waals surface area contributed by atoms with Crippen LogP contribution in [-0.2, 0) is 6.42 Å². The van der Waals surface area contributed by atoms with Crippen LogP contribution in [0.25, 0.3) is 5.69 Å². The molecule has 0 fully saturated rings. The third-order valence-electron chi connectivity index (χ3n) is 2.79. The molecular weight excluding hydrogens is 226 g/mol. The summed E-state index contributed by atoms with van der Waals surface area (Å²) in [6.07, 6.45) is 5.73. The van der Waals surface area contributed by atoms with E-state index in [9.17, 15) is 0 Å². The van der Waals surface area contributed by atoms with Gasteiger partial charge in [0.05, 0.1) is 18.0 Å². The third kappa shape index (κ3) is 2.32. The van der Waals surface area contributed by atoms with Crippen molar-refractivity contribution in [2.75, 3.05) is 12.3 Å². The summed E-state index contributed by atoms with van der Waals surface area (Å²) in [6.45, 7) is 4.70. The number of benzene rings is 1. The maximum absolute atomic E-state index is 6.15. The van der Waals surface area contributed by atoms with Crippen molar-refractivity contribution >= 4 is 5.69 Å². The van der Waals surface area contributed by atoms with Gasteiger partial charge in [0.15, 0.2) is 0 Å². The smallest absolute Gasteiger partial charge is 0.144 e. The SMILES string of the molecule is CCCc1nccn1-c1cccc(OCC)c1N. The van der Waals surface area contributed by atoms with Crippen LogP contribution < -0.4 is 10.5 Å². The summed E-state index contributed by atoms with van der Waals surface area (Å²) >= 11 is 0. The number of para-hydroxylation sites is 1. The Morgan fingerprint density at radius 1 is 1.33 bits per heavy atom. The van der Waals surface area contributed by atoms with Gasteiger partial charge in [0.25, 0.3) is 0 Å². The Morgan fingerprint density at radius 3 is 2.89 bits per heavy atom. The molecule has 4 nitrogen and oxygen atoms in total. The summed E-state index contributed by atoms with van der Waals surface area (Å²) in [6, 6.07) is 5.82. The Morgan fingerprint density at radius 2 is 2.17 bits per heavy atom. The number of rotatable bonds is 5. The maximum atomic E-state index is 6.15. The summed E-state index contributed by atoms with van der Waals surface area (Å²) in [7, 11) is 0. The van der Waals surface area contributed by atoms with Crippen molar-refractivity contribution in [3.8, 4) is 11.4 Å². The van der Waals surface area contributed by atoms with E-state index in [1.54, 1.807) is 6.20 Å². The van der Waals surface area contributed by atoms with E-state index in [2.05, 4.69) is 11.9 Å². The number of nitrogens with two attached hydrogens (primary N) is 1. The molecule has 0 aliphatic heterocycles. The van der Waals surface area contributed by atoms with Crippen LogP contribution in [-0.4, -0.2) is 16.2 Å². The van der Waals surface area contributed by atoms with Gasteiger partial charge in [-0.2, -0.15) is 0 Å². The highest BCUT2D eigenvalue weighted by Crippen LogP contribution is 2.28. The van der Waals surface area contributed by atoms with Gasteiger partial charge in [-0.25, -0.2) is 4.98 Å². The lowest BCUT2D eigenvalue weighted by Gasteiger charge is -2.13. The van der Waals surface area contributed by atoms with Gasteiger partial charge in [0.2, 0.25) is 0 Å². The molecule has 4 heteroatoms. The molecule has 0 aliphatic carbocycles. The molecule has 0 saturated carbocycles. The van der Waals surface area contributed by atoms with Crippen LogP contribution in [0, 0.1) is 0 Å². The van der Waals surface area contributed by atoms with Crippen molar-refractivity contribution in [3.05, 3.63) is 36.4 Å². The second-order valence-corrected chi connectivity index (χ2v) is 4.09. The quantitative estimate of drug-likeness (QED) is 0.824. The number of hydrogen-bond acceptors (Lipinski definition) is 3. The van der Waals surface area contributed by atoms with E-state index < -0.39 is 0 Å². The van der Waals surface area contributed by atoms with Gasteiger partial charge >= 0.3 is 0 Å². The minimum absolute atomic E-state index is 0.611. The molecule has 0 aliphatic rings. The summed E-state index contributed by atoms with van der Waals surface area (Å²) in [5.41, 5.74) is 7.75. The van der Waals surface area contributed by atoms with Gasteiger partial charge in [-0.15, -0.1) is 0 Å². The lowest BCUT2D eigenvalue weighted by molar-refractivity contribution is 0.342. The molecule has 0 bridgehead atoms. The molecule has 0 atom stereocenters. The van der Waals surface area contributed by atoms with Gasteiger partial charge < -0.3 is 15.0 Å². The van der Waals surface area contributed by atoms with E-state index in [1.165, 1.54) is 0 Å². The first kappa shape index (κ1) is 12.5. The van der Waals surface area contributed by atoms with Crippen molar-refractivity contribution in [2.24, 2.45) is 0 Å². The minimum Gasteiger partial charge on any atom is -0.492 e. The van der Waals surface area contributed by atoms with Crippen molar-refractivity contribution in [1.29, 1.82) is 0 Å². The average molecular weight is 245 g/mol. The van der Waals surface area contributed by atoms with Crippen LogP contribution in [0.1, 0.15) is 26.1 Å². The number of ether oxygens (including phenoxy) is 1. The standard InChI is InChI=1S/C14H19N3O/c1-3-6-13-16-9-10-17(13)11-7-5-8-12(14(11)15)18-4-2/h5,7-10H,3-4,6,15H2,1-2H3. The van der Waals surface area contributed by atoms with Crippen molar-refractivity contribution in [1.82, 2.24) is 9.55 Å². The van der Waals surface area contributed by atoms with Gasteiger partial charge in [0, 0.05) is 18.8 Å². The molecule has 1 aromatic carbocycles. The molecule has 1 aromatic heterocycles. The zero-order chi connectivity index (χ0) is 13.0. The predicted octanol–water partition coefficient (Wildman–Crippen LogP) is 2.81. The van der Waals surface area contributed by atoms with Gasteiger partial charge in [-0.3, -0.25) is 0 Å². The average Bonchev–Trinajstić information content (AvgIpc) is 2.81. The number of hydrogen-bond donors (Lipinski definition) is 1. The van der Waals surface area contributed by atoms with Gasteiger partial charge in [-0.05, 0) is 25.5 Å². The Balaban J connectivity index is 2.43. The molecule has 0 saturated heterocycles. The van der Waals surface area contributed by atoms with Crippen LogP contribution in [0.4, 0.5) is 5.69 Å². The first-order valence-corrected chi connectivity index (χ1v) is 6.31. The monoisotopic (exact) mass is 245 g/mol. The third-order valence-corrected chi connectivity index (χ3v) is 2.79. The highest BCUT2D eigenvalue weighted by atomic mass is 16.5. The van der Waals surface area contributed by atoms with E-state index in [0.29, 0.717) is 12.3 Å². The van der Waals surface area contributed by atoms with Crippen LogP contribution >= 0.6 is 0 Å². The van der Waals surface area contributed by atoms with E-state index in [-0.39, 0.29) is 0 Å². The van der Waals surface area contributed by atoms with Gasteiger partial charge in [-0.1, -0.05) is 13.0 Å². The van der Waals surface area contributed by atoms with Crippen LogP contribution in [0.5, 0.6) is 5.75 Å². The molecule has 0 spiro atoms. The topological polar surface area (TPSA) is 53.1 Å². The molecule has 1 heterocycles. The van der Waals surface area contributed by atoms with Crippen LogP contribution in [0.2, 0.25) is 0 Å². The van der Waals surface area contributed by atoms with Gasteiger partial charge in [0.1, 0.15) is 11.6 Å². The van der Waals surface area contributed by atoms with Crippen molar-refractivity contribution < 1.29 is 4.74 Å². The fourth-order valence-corrected chi connectivity index (χ4v) is 1.99. The zero-order valence-electron chi connectivity index (χ0n) is 10.9. The van der Waals surface area contributed by atoms with E-state index >= 15 is 0 Å². The summed E-state index contributed by atoms with van der Waals surface area (Å²) in [5, 5.41) is 0. The number of anilines is 1. The highest BCUT2D eigenvalue weighted by Gasteiger charge is 2.10. The first-order chi connectivity index (χ1) is 8.77. The number of imidazole rings is 1. The number of aryl methyl sites for hydroxylation is 1. The number of aromatic nitrogens is 2. The molecule has 0 unspecified atom stereocenters. The molecule has 2 aromatic rings. The Kier molecular flexibility index (Phi) is 3.87. The van der Waals surface area contributed by atoms with E-state index in [1.807, 2.05) is 35.9 Å². The number of nitrogen functional groups attached to an aromatic ring is 1. The number of nitrogens with zero attached hydrogens (tertiary/aromatic N) is 2. The second kappa shape index (κ2) is 5.58. The van der Waals surface area contributed by atoms with E-state index in [0.717, 1.165) is 30.1 Å². The molecule has 2 N–H and O–H groups in total. The Labute approximate surface area is 107 Å². The lowest BCUT2D eigenvalue weighted by Crippen LogP contribution is -2.05. The van der Waals surface area contributed by atoms with Crippen LogP contribution in [0.15, 0.2) is 30.6 Å². The fraction of sp³-hybridized carbons (Fsp3) is 0.357. The van der Waals surface area contributed by atoms with E-state index in [4.69, 9.17) is 10.5 Å². The summed E-state index contributed by atoms with van der Waals surface area (Å²) in [5.74, 6) is 1.75. The molecule has 0 radical (unpaired) electrons. The molecule has 0 amide bonds. The lowest BCUT2D eigenvalue weighted by atomic mass is 10.2. The highest BCUT2D eigenvalue weighted by molar-refractivity contribution is 5.66. The Hall–Kier alpha value is -1.97. The first-order valence-electron chi connectivity index (χ1n) is 6.31. The Bertz CT molecular complexity index is 520. The predicted molar refractivity (Wildman–Crippen MR) is 73.1 cm³/mol. The summed E-state index contributed by atoms with van der Waals surface area (Å²) < 4.78 is 7.55. The molecule has 96 valence electrons. The minimum atomic E-state index is 0.611. The second-order valence-electron chi connectivity index (χ2n) is 4.09. The van der Waals surface area contributed by atoms with Crippen molar-refractivity contribution in [2.45, 2.75) is 26.7 Å². The maximum Gasteiger partial charge on any atom is 0.144 e. The molecular formula is C14H19N3O. The normalized spacial score (nSPS) is 10.6. The zero-order valence-corrected chi connectivity index (χ0v) is 10.9. The fourth-order valence-electron chi connectivity index (χ4n) is 1.99. The molecule has 2 rings (SSSR count).